The van der Waals surface area contributed by atoms with Gasteiger partial charge in [-0.2, -0.15) is 0 Å². The summed E-state index contributed by atoms with van der Waals surface area (Å²) in [4.78, 5) is 25.9. The summed E-state index contributed by atoms with van der Waals surface area (Å²) in [7, 11) is 0. The average molecular weight is 356 g/mol. The van der Waals surface area contributed by atoms with Gasteiger partial charge in [-0.3, -0.25) is 9.59 Å². The quantitative estimate of drug-likeness (QED) is 0.799. The number of nitrogens with one attached hydrogen (secondary N) is 2. The first kappa shape index (κ1) is 17.7. The highest BCUT2D eigenvalue weighted by Gasteiger charge is 2.37. The molecule has 2 aromatic rings. The number of anilines is 1. The number of benzene rings is 1. The fraction of sp³-hybridized carbons (Fsp3) is 0.400. The molecule has 1 fully saturated rings. The van der Waals surface area contributed by atoms with Crippen molar-refractivity contribution >= 4 is 28.8 Å². The van der Waals surface area contributed by atoms with Crippen LogP contribution in [0.5, 0.6) is 0 Å². The van der Waals surface area contributed by atoms with Crippen molar-refractivity contribution in [2.75, 3.05) is 11.9 Å². The SMILES string of the molecule is CCc1ccccc1NC(=O)C(=O)NCC1(c2cccs2)CCCC1. The Bertz CT molecular complexity index is 734. The van der Waals surface area contributed by atoms with Crippen LogP contribution in [0.1, 0.15) is 43.0 Å². The van der Waals surface area contributed by atoms with E-state index in [0.29, 0.717) is 12.2 Å². The fourth-order valence-corrected chi connectivity index (χ4v) is 4.59. The second-order valence-corrected chi connectivity index (χ2v) is 7.56. The number of para-hydroxylation sites is 1. The molecule has 0 spiro atoms. The Balaban J connectivity index is 1.63. The molecule has 0 aliphatic heterocycles. The molecule has 0 saturated heterocycles. The van der Waals surface area contributed by atoms with E-state index in [4.69, 9.17) is 0 Å². The normalized spacial score (nSPS) is 15.7. The largest absolute Gasteiger partial charge is 0.347 e. The Hall–Kier alpha value is -2.14. The zero-order chi connectivity index (χ0) is 17.7. The number of thiophene rings is 1. The van der Waals surface area contributed by atoms with Gasteiger partial charge in [0.15, 0.2) is 0 Å². The van der Waals surface area contributed by atoms with Crippen molar-refractivity contribution in [3.8, 4) is 0 Å². The molecule has 1 aliphatic rings. The monoisotopic (exact) mass is 356 g/mol. The maximum absolute atomic E-state index is 12.3. The first-order chi connectivity index (χ1) is 12.1. The Morgan fingerprint density at radius 2 is 1.84 bits per heavy atom. The van der Waals surface area contributed by atoms with Crippen LogP contribution < -0.4 is 10.6 Å². The molecule has 0 radical (unpaired) electrons. The van der Waals surface area contributed by atoms with E-state index in [1.807, 2.05) is 31.2 Å². The highest BCUT2D eigenvalue weighted by Crippen LogP contribution is 2.42. The van der Waals surface area contributed by atoms with Crippen LogP contribution in [0.2, 0.25) is 0 Å². The molecule has 0 atom stereocenters. The van der Waals surface area contributed by atoms with Crippen molar-refractivity contribution in [2.24, 2.45) is 0 Å². The lowest BCUT2D eigenvalue weighted by atomic mass is 9.84. The van der Waals surface area contributed by atoms with Crippen LogP contribution >= 0.6 is 11.3 Å². The predicted octanol–water partition coefficient (Wildman–Crippen LogP) is 3.88. The van der Waals surface area contributed by atoms with Gasteiger partial charge in [-0.25, -0.2) is 0 Å². The summed E-state index contributed by atoms with van der Waals surface area (Å²) in [6, 6.07) is 11.8. The van der Waals surface area contributed by atoms with Crippen LogP contribution in [-0.2, 0) is 21.4 Å². The standard InChI is InChI=1S/C20H24N2O2S/c1-2-15-8-3-4-9-16(15)22-19(24)18(23)21-14-20(11-5-6-12-20)17-10-7-13-25-17/h3-4,7-10,13H,2,5-6,11-12,14H2,1H3,(H,21,23)(H,22,24). The van der Waals surface area contributed by atoms with E-state index < -0.39 is 11.8 Å². The Morgan fingerprint density at radius 1 is 1.08 bits per heavy atom. The van der Waals surface area contributed by atoms with Crippen LogP contribution in [0.3, 0.4) is 0 Å². The molecular weight excluding hydrogens is 332 g/mol. The third kappa shape index (κ3) is 3.93. The first-order valence-electron chi connectivity index (χ1n) is 8.86. The Morgan fingerprint density at radius 3 is 2.52 bits per heavy atom. The van der Waals surface area contributed by atoms with Gasteiger partial charge in [-0.15, -0.1) is 11.3 Å². The summed E-state index contributed by atoms with van der Waals surface area (Å²) >= 11 is 1.73. The smallest absolute Gasteiger partial charge is 0.313 e. The van der Waals surface area contributed by atoms with E-state index in [0.717, 1.165) is 24.8 Å². The van der Waals surface area contributed by atoms with Crippen molar-refractivity contribution in [3.05, 3.63) is 52.2 Å². The third-order valence-corrected chi connectivity index (χ3v) is 6.16. The summed E-state index contributed by atoms with van der Waals surface area (Å²) in [5.74, 6) is -1.16. The summed E-state index contributed by atoms with van der Waals surface area (Å²) in [6.45, 7) is 2.55. The molecule has 3 rings (SSSR count). The van der Waals surface area contributed by atoms with Gasteiger partial charge in [-0.1, -0.05) is 44.0 Å². The van der Waals surface area contributed by atoms with E-state index in [2.05, 4.69) is 28.1 Å². The lowest BCUT2D eigenvalue weighted by Gasteiger charge is -2.28. The van der Waals surface area contributed by atoms with Crippen LogP contribution in [0.25, 0.3) is 0 Å². The molecule has 0 bridgehead atoms. The minimum absolute atomic E-state index is 0.00850. The third-order valence-electron chi connectivity index (χ3n) is 5.04. The summed E-state index contributed by atoms with van der Waals surface area (Å²) < 4.78 is 0. The summed E-state index contributed by atoms with van der Waals surface area (Å²) in [5.41, 5.74) is 1.72. The number of hydrogen-bond acceptors (Lipinski definition) is 3. The van der Waals surface area contributed by atoms with Crippen LogP contribution in [-0.4, -0.2) is 18.4 Å². The first-order valence-corrected chi connectivity index (χ1v) is 9.74. The molecular formula is C20H24N2O2S. The molecule has 4 nitrogen and oxygen atoms in total. The highest BCUT2D eigenvalue weighted by molar-refractivity contribution is 7.10. The van der Waals surface area contributed by atoms with Gasteiger partial charge < -0.3 is 10.6 Å². The van der Waals surface area contributed by atoms with Crippen molar-refractivity contribution in [1.29, 1.82) is 0 Å². The van der Waals surface area contributed by atoms with E-state index in [-0.39, 0.29) is 5.41 Å². The van der Waals surface area contributed by atoms with Gasteiger partial charge in [0, 0.05) is 22.5 Å². The van der Waals surface area contributed by atoms with Crippen LogP contribution in [0, 0.1) is 0 Å². The molecule has 5 heteroatoms. The number of carbonyl (C=O) groups excluding carboxylic acids is 2. The second kappa shape index (κ2) is 7.83. The summed E-state index contributed by atoms with van der Waals surface area (Å²) in [6.07, 6.45) is 5.27. The van der Waals surface area contributed by atoms with Crippen LogP contribution in [0.4, 0.5) is 5.69 Å². The zero-order valence-electron chi connectivity index (χ0n) is 14.5. The van der Waals surface area contributed by atoms with Gasteiger partial charge in [0.25, 0.3) is 0 Å². The van der Waals surface area contributed by atoms with Crippen molar-refractivity contribution in [3.63, 3.8) is 0 Å². The van der Waals surface area contributed by atoms with Crippen molar-refractivity contribution < 1.29 is 9.59 Å². The number of rotatable bonds is 5. The maximum Gasteiger partial charge on any atom is 0.313 e. The predicted molar refractivity (Wildman–Crippen MR) is 102 cm³/mol. The minimum Gasteiger partial charge on any atom is -0.347 e. The van der Waals surface area contributed by atoms with Gasteiger partial charge in [0.1, 0.15) is 0 Å². The van der Waals surface area contributed by atoms with Gasteiger partial charge in [-0.05, 0) is 42.3 Å². The van der Waals surface area contributed by atoms with Crippen LogP contribution in [0.15, 0.2) is 41.8 Å². The minimum atomic E-state index is -0.597. The molecule has 1 aromatic carbocycles. The summed E-state index contributed by atoms with van der Waals surface area (Å²) in [5, 5.41) is 7.68. The second-order valence-electron chi connectivity index (χ2n) is 6.61. The average Bonchev–Trinajstić information content (AvgIpc) is 3.32. The molecule has 1 saturated carbocycles. The number of amides is 2. The molecule has 1 aromatic heterocycles. The van der Waals surface area contributed by atoms with E-state index in [1.165, 1.54) is 17.7 Å². The Kier molecular flexibility index (Phi) is 5.53. The molecule has 132 valence electrons. The molecule has 2 N–H and O–H groups in total. The van der Waals surface area contributed by atoms with Gasteiger partial charge in [0.05, 0.1) is 0 Å². The van der Waals surface area contributed by atoms with Gasteiger partial charge in [0.2, 0.25) is 0 Å². The fourth-order valence-electron chi connectivity index (χ4n) is 3.60. The van der Waals surface area contributed by atoms with Crippen molar-refractivity contribution in [1.82, 2.24) is 5.32 Å². The van der Waals surface area contributed by atoms with E-state index in [9.17, 15) is 9.59 Å². The zero-order valence-corrected chi connectivity index (χ0v) is 15.3. The van der Waals surface area contributed by atoms with Crippen molar-refractivity contribution in [2.45, 2.75) is 44.4 Å². The number of carbonyl (C=O) groups is 2. The molecule has 1 heterocycles. The van der Waals surface area contributed by atoms with Gasteiger partial charge >= 0.3 is 11.8 Å². The maximum atomic E-state index is 12.3. The van der Waals surface area contributed by atoms with E-state index in [1.54, 1.807) is 11.3 Å². The molecule has 0 unspecified atom stereocenters. The van der Waals surface area contributed by atoms with E-state index >= 15 is 0 Å². The lowest BCUT2D eigenvalue weighted by Crippen LogP contribution is -2.43. The Labute approximate surface area is 152 Å². The highest BCUT2D eigenvalue weighted by atomic mass is 32.1. The molecule has 25 heavy (non-hydrogen) atoms. The number of aryl methyl sites for hydroxylation is 1. The lowest BCUT2D eigenvalue weighted by molar-refractivity contribution is -0.136. The molecule has 2 amide bonds. The number of hydrogen-bond donors (Lipinski definition) is 2. The topological polar surface area (TPSA) is 58.2 Å². The molecule has 1 aliphatic carbocycles.